The van der Waals surface area contributed by atoms with E-state index in [9.17, 15) is 0 Å². The zero-order valence-corrected chi connectivity index (χ0v) is 18.6. The number of rotatable bonds is 3. The molecule has 150 valence electrons. The molecule has 28 heavy (non-hydrogen) atoms. The van der Waals surface area contributed by atoms with E-state index < -0.39 is 0 Å². The summed E-state index contributed by atoms with van der Waals surface area (Å²) in [5.74, 6) is 3.21. The molecule has 1 saturated heterocycles. The number of nitrogens with one attached hydrogen (secondary N) is 1. The summed E-state index contributed by atoms with van der Waals surface area (Å²) in [4.78, 5) is 6.84. The standard InChI is InChI=1S/C22H27N3O2.HI/c1-23-22(25-11-10-19(16-25)18-6-3-2-4-7-18)24-15-17-8-9-20-21(14-17)27-13-5-12-26-20;/h2-4,6-9,14,19H,5,10-13,15-16H2,1H3,(H,23,24);1H. The van der Waals surface area contributed by atoms with Gasteiger partial charge in [-0.05, 0) is 29.7 Å². The molecule has 1 atom stereocenters. The molecule has 2 heterocycles. The van der Waals surface area contributed by atoms with Gasteiger partial charge in [0.2, 0.25) is 0 Å². The molecule has 0 aromatic heterocycles. The maximum Gasteiger partial charge on any atom is 0.193 e. The van der Waals surface area contributed by atoms with Crippen LogP contribution in [0.4, 0.5) is 0 Å². The second-order valence-corrected chi connectivity index (χ2v) is 7.07. The molecule has 1 unspecified atom stereocenters. The molecule has 0 amide bonds. The summed E-state index contributed by atoms with van der Waals surface area (Å²) in [6.45, 7) is 4.18. The van der Waals surface area contributed by atoms with Gasteiger partial charge in [0.25, 0.3) is 0 Å². The molecule has 6 heteroatoms. The van der Waals surface area contributed by atoms with E-state index >= 15 is 0 Å². The highest BCUT2D eigenvalue weighted by atomic mass is 127. The summed E-state index contributed by atoms with van der Waals surface area (Å²) in [5.41, 5.74) is 2.58. The Morgan fingerprint density at radius 2 is 1.89 bits per heavy atom. The molecular formula is C22H28IN3O2. The molecule has 5 nitrogen and oxygen atoms in total. The maximum absolute atomic E-state index is 5.79. The summed E-state index contributed by atoms with van der Waals surface area (Å²) >= 11 is 0. The van der Waals surface area contributed by atoms with Gasteiger partial charge in [-0.2, -0.15) is 0 Å². The van der Waals surface area contributed by atoms with Gasteiger partial charge in [-0.3, -0.25) is 4.99 Å². The van der Waals surface area contributed by atoms with E-state index in [1.54, 1.807) is 0 Å². The molecule has 0 radical (unpaired) electrons. The zero-order chi connectivity index (χ0) is 18.5. The minimum Gasteiger partial charge on any atom is -0.490 e. The predicted molar refractivity (Wildman–Crippen MR) is 123 cm³/mol. The summed E-state index contributed by atoms with van der Waals surface area (Å²) in [5, 5.41) is 3.50. The molecule has 1 fully saturated rings. The van der Waals surface area contributed by atoms with Crippen LogP contribution < -0.4 is 14.8 Å². The normalized spacial score (nSPS) is 19.0. The number of halogens is 1. The van der Waals surface area contributed by atoms with Crippen molar-refractivity contribution in [1.29, 1.82) is 0 Å². The highest BCUT2D eigenvalue weighted by Crippen LogP contribution is 2.30. The number of hydrogen-bond donors (Lipinski definition) is 1. The van der Waals surface area contributed by atoms with Crippen molar-refractivity contribution in [3.63, 3.8) is 0 Å². The number of nitrogens with zero attached hydrogens (tertiary/aromatic N) is 2. The van der Waals surface area contributed by atoms with E-state index in [0.717, 1.165) is 56.5 Å². The summed E-state index contributed by atoms with van der Waals surface area (Å²) in [6, 6.07) is 16.9. The van der Waals surface area contributed by atoms with Gasteiger partial charge in [-0.1, -0.05) is 36.4 Å². The van der Waals surface area contributed by atoms with Crippen LogP contribution in [0.5, 0.6) is 11.5 Å². The number of guanidine groups is 1. The Balaban J connectivity index is 0.00000225. The Morgan fingerprint density at radius 1 is 1.11 bits per heavy atom. The second-order valence-electron chi connectivity index (χ2n) is 7.07. The first-order valence-electron chi connectivity index (χ1n) is 9.72. The number of benzene rings is 2. The third kappa shape index (κ3) is 4.90. The minimum atomic E-state index is 0. The van der Waals surface area contributed by atoms with Crippen LogP contribution in [0.3, 0.4) is 0 Å². The molecule has 0 aliphatic carbocycles. The van der Waals surface area contributed by atoms with E-state index in [0.29, 0.717) is 12.5 Å². The van der Waals surface area contributed by atoms with Crippen LogP contribution in [0.15, 0.2) is 53.5 Å². The quantitative estimate of drug-likeness (QED) is 0.399. The summed E-state index contributed by atoms with van der Waals surface area (Å²) in [7, 11) is 1.85. The van der Waals surface area contributed by atoms with Crippen molar-refractivity contribution in [2.45, 2.75) is 25.3 Å². The molecular weight excluding hydrogens is 465 g/mol. The molecule has 1 N–H and O–H groups in total. The Morgan fingerprint density at radius 3 is 2.68 bits per heavy atom. The number of likely N-dealkylation sites (tertiary alicyclic amines) is 1. The highest BCUT2D eigenvalue weighted by molar-refractivity contribution is 14.0. The van der Waals surface area contributed by atoms with Gasteiger partial charge in [0.05, 0.1) is 13.2 Å². The zero-order valence-electron chi connectivity index (χ0n) is 16.3. The van der Waals surface area contributed by atoms with Crippen LogP contribution in [0.1, 0.15) is 29.9 Å². The van der Waals surface area contributed by atoms with Crippen LogP contribution in [-0.4, -0.2) is 44.2 Å². The smallest absolute Gasteiger partial charge is 0.193 e. The van der Waals surface area contributed by atoms with Gasteiger partial charge < -0.3 is 19.7 Å². The fourth-order valence-electron chi connectivity index (χ4n) is 3.78. The van der Waals surface area contributed by atoms with E-state index in [4.69, 9.17) is 9.47 Å². The van der Waals surface area contributed by atoms with Crippen molar-refractivity contribution < 1.29 is 9.47 Å². The van der Waals surface area contributed by atoms with Crippen LogP contribution in [0.25, 0.3) is 0 Å². The highest BCUT2D eigenvalue weighted by Gasteiger charge is 2.25. The molecule has 2 aromatic carbocycles. The molecule has 0 saturated carbocycles. The Hall–Kier alpha value is -1.96. The lowest BCUT2D eigenvalue weighted by molar-refractivity contribution is 0.297. The summed E-state index contributed by atoms with van der Waals surface area (Å²) < 4.78 is 11.5. The van der Waals surface area contributed by atoms with Crippen molar-refractivity contribution in [3.05, 3.63) is 59.7 Å². The van der Waals surface area contributed by atoms with Gasteiger partial charge in [0.1, 0.15) is 0 Å². The third-order valence-electron chi connectivity index (χ3n) is 5.23. The molecule has 4 rings (SSSR count). The molecule has 2 aliphatic heterocycles. The second kappa shape index (κ2) is 10.0. The van der Waals surface area contributed by atoms with Crippen molar-refractivity contribution in [3.8, 4) is 11.5 Å². The van der Waals surface area contributed by atoms with Crippen molar-refractivity contribution in [2.24, 2.45) is 4.99 Å². The van der Waals surface area contributed by atoms with Crippen LogP contribution in [0, 0.1) is 0 Å². The van der Waals surface area contributed by atoms with E-state index in [1.807, 2.05) is 13.1 Å². The maximum atomic E-state index is 5.79. The third-order valence-corrected chi connectivity index (χ3v) is 5.23. The fraction of sp³-hybridized carbons (Fsp3) is 0.409. The van der Waals surface area contributed by atoms with Gasteiger partial charge in [-0.15, -0.1) is 24.0 Å². The first-order valence-corrected chi connectivity index (χ1v) is 9.72. The van der Waals surface area contributed by atoms with Gasteiger partial charge in [-0.25, -0.2) is 0 Å². The average Bonchev–Trinajstić information content (AvgIpc) is 3.08. The number of aliphatic imine (C=N–C) groups is 1. The largest absolute Gasteiger partial charge is 0.490 e. The van der Waals surface area contributed by atoms with Crippen molar-refractivity contribution in [2.75, 3.05) is 33.4 Å². The molecule has 0 spiro atoms. The predicted octanol–water partition coefficient (Wildman–Crippen LogP) is 4.03. The fourth-order valence-corrected chi connectivity index (χ4v) is 3.78. The topological polar surface area (TPSA) is 46.1 Å². The lowest BCUT2D eigenvalue weighted by atomic mass is 9.99. The monoisotopic (exact) mass is 493 g/mol. The SMILES string of the molecule is CN=C(NCc1ccc2c(c1)OCCCO2)N1CCC(c2ccccc2)C1.I. The van der Waals surface area contributed by atoms with Crippen molar-refractivity contribution in [1.82, 2.24) is 10.2 Å². The minimum absolute atomic E-state index is 0. The first-order chi connectivity index (χ1) is 13.3. The molecule has 0 bridgehead atoms. The summed E-state index contributed by atoms with van der Waals surface area (Å²) in [6.07, 6.45) is 2.08. The van der Waals surface area contributed by atoms with Crippen LogP contribution in [0.2, 0.25) is 0 Å². The van der Waals surface area contributed by atoms with Crippen molar-refractivity contribution >= 4 is 29.9 Å². The van der Waals surface area contributed by atoms with Gasteiger partial charge in [0.15, 0.2) is 17.5 Å². The lowest BCUT2D eigenvalue weighted by Gasteiger charge is -2.22. The number of ether oxygens (including phenoxy) is 2. The number of fused-ring (bicyclic) bond motifs is 1. The Kier molecular flexibility index (Phi) is 7.42. The molecule has 2 aromatic rings. The van der Waals surface area contributed by atoms with E-state index in [2.05, 4.69) is 57.7 Å². The average molecular weight is 493 g/mol. The Bertz CT molecular complexity index is 798. The van der Waals surface area contributed by atoms with E-state index in [-0.39, 0.29) is 24.0 Å². The number of hydrogen-bond acceptors (Lipinski definition) is 3. The van der Waals surface area contributed by atoms with Crippen LogP contribution >= 0.6 is 24.0 Å². The van der Waals surface area contributed by atoms with Gasteiger partial charge >= 0.3 is 0 Å². The van der Waals surface area contributed by atoms with E-state index in [1.165, 1.54) is 11.1 Å². The molecule has 2 aliphatic rings. The Labute approximate surface area is 184 Å². The first kappa shape index (κ1) is 20.8. The van der Waals surface area contributed by atoms with Gasteiger partial charge in [0, 0.05) is 39.0 Å². The lowest BCUT2D eigenvalue weighted by Crippen LogP contribution is -2.39. The van der Waals surface area contributed by atoms with Crippen LogP contribution in [-0.2, 0) is 6.54 Å².